The van der Waals surface area contributed by atoms with Crippen LogP contribution in [0.3, 0.4) is 0 Å². The molecule has 0 aromatic heterocycles. The van der Waals surface area contributed by atoms with Crippen LogP contribution in [-0.4, -0.2) is 36.4 Å². The fourth-order valence-corrected chi connectivity index (χ4v) is 2.12. The zero-order chi connectivity index (χ0) is 11.3. The molecule has 2 unspecified atom stereocenters. The standard InChI is InChI=1S/C11H21NO3/c1-8(7-11(13)14)12-9(2)10-3-5-15-6-4-10/h8-10,12H,3-7H2,1-2H3,(H,13,14). The van der Waals surface area contributed by atoms with Crippen LogP contribution in [-0.2, 0) is 9.53 Å². The fourth-order valence-electron chi connectivity index (χ4n) is 2.12. The molecule has 1 aliphatic heterocycles. The minimum absolute atomic E-state index is 0.0420. The summed E-state index contributed by atoms with van der Waals surface area (Å²) in [7, 11) is 0. The van der Waals surface area contributed by atoms with E-state index in [1.807, 2.05) is 6.92 Å². The number of carboxylic acid groups (broad SMARTS) is 1. The van der Waals surface area contributed by atoms with Crippen LogP contribution in [0.4, 0.5) is 0 Å². The van der Waals surface area contributed by atoms with E-state index in [4.69, 9.17) is 9.84 Å². The van der Waals surface area contributed by atoms with E-state index in [-0.39, 0.29) is 12.5 Å². The molecule has 0 amide bonds. The summed E-state index contributed by atoms with van der Waals surface area (Å²) in [6.07, 6.45) is 2.34. The number of nitrogens with one attached hydrogen (secondary N) is 1. The predicted molar refractivity (Wildman–Crippen MR) is 57.9 cm³/mol. The number of ether oxygens (including phenoxy) is 1. The van der Waals surface area contributed by atoms with Gasteiger partial charge in [-0.05, 0) is 32.6 Å². The quantitative estimate of drug-likeness (QED) is 0.724. The Morgan fingerprint density at radius 1 is 1.47 bits per heavy atom. The number of carboxylic acids is 1. The number of hydrogen-bond donors (Lipinski definition) is 2. The first-order valence-corrected chi connectivity index (χ1v) is 5.65. The lowest BCUT2D eigenvalue weighted by molar-refractivity contribution is -0.137. The molecular formula is C11H21NO3. The Kier molecular flexibility index (Phi) is 5.05. The maximum atomic E-state index is 10.5. The number of aliphatic carboxylic acids is 1. The lowest BCUT2D eigenvalue weighted by atomic mass is 9.92. The summed E-state index contributed by atoms with van der Waals surface area (Å²) in [4.78, 5) is 10.5. The zero-order valence-electron chi connectivity index (χ0n) is 9.53. The molecule has 2 N–H and O–H groups in total. The highest BCUT2D eigenvalue weighted by Gasteiger charge is 2.21. The molecule has 1 aliphatic rings. The van der Waals surface area contributed by atoms with E-state index in [0.717, 1.165) is 26.1 Å². The van der Waals surface area contributed by atoms with Crippen molar-refractivity contribution in [2.45, 2.75) is 45.2 Å². The summed E-state index contributed by atoms with van der Waals surface area (Å²) in [6, 6.07) is 0.420. The van der Waals surface area contributed by atoms with Gasteiger partial charge in [0.25, 0.3) is 0 Å². The van der Waals surface area contributed by atoms with Crippen molar-refractivity contribution in [2.24, 2.45) is 5.92 Å². The van der Waals surface area contributed by atoms with Crippen molar-refractivity contribution >= 4 is 5.97 Å². The Morgan fingerprint density at radius 3 is 2.60 bits per heavy atom. The minimum atomic E-state index is -0.742. The smallest absolute Gasteiger partial charge is 0.304 e. The first-order chi connectivity index (χ1) is 7.09. The van der Waals surface area contributed by atoms with Gasteiger partial charge < -0.3 is 15.2 Å². The van der Waals surface area contributed by atoms with Crippen LogP contribution in [0.1, 0.15) is 33.1 Å². The molecule has 1 rings (SSSR count). The second-order valence-corrected chi connectivity index (χ2v) is 4.40. The topological polar surface area (TPSA) is 58.6 Å². The Bertz CT molecular complexity index is 202. The van der Waals surface area contributed by atoms with E-state index in [2.05, 4.69) is 12.2 Å². The SMILES string of the molecule is CC(CC(=O)O)NC(C)C1CCOCC1. The lowest BCUT2D eigenvalue weighted by Crippen LogP contribution is -2.42. The van der Waals surface area contributed by atoms with E-state index in [0.29, 0.717) is 12.0 Å². The number of carbonyl (C=O) groups is 1. The molecule has 0 radical (unpaired) electrons. The Morgan fingerprint density at radius 2 is 2.07 bits per heavy atom. The van der Waals surface area contributed by atoms with Crippen LogP contribution in [0, 0.1) is 5.92 Å². The maximum Gasteiger partial charge on any atom is 0.304 e. The highest BCUT2D eigenvalue weighted by Crippen LogP contribution is 2.18. The van der Waals surface area contributed by atoms with Gasteiger partial charge in [-0.1, -0.05) is 0 Å². The fraction of sp³-hybridized carbons (Fsp3) is 0.909. The summed E-state index contributed by atoms with van der Waals surface area (Å²) in [5, 5.41) is 12.0. The van der Waals surface area contributed by atoms with Crippen LogP contribution in [0.5, 0.6) is 0 Å². The summed E-state index contributed by atoms with van der Waals surface area (Å²) in [5.74, 6) is -0.121. The molecular weight excluding hydrogens is 194 g/mol. The van der Waals surface area contributed by atoms with Gasteiger partial charge in [0.15, 0.2) is 0 Å². The van der Waals surface area contributed by atoms with Crippen LogP contribution in [0.15, 0.2) is 0 Å². The molecule has 0 aliphatic carbocycles. The molecule has 1 saturated heterocycles. The molecule has 0 bridgehead atoms. The molecule has 1 fully saturated rings. The van der Waals surface area contributed by atoms with Crippen LogP contribution in [0.25, 0.3) is 0 Å². The highest BCUT2D eigenvalue weighted by molar-refractivity contribution is 5.67. The van der Waals surface area contributed by atoms with Crippen molar-refractivity contribution in [1.82, 2.24) is 5.32 Å². The van der Waals surface area contributed by atoms with Gasteiger partial charge in [0.2, 0.25) is 0 Å². The number of hydrogen-bond acceptors (Lipinski definition) is 3. The first kappa shape index (κ1) is 12.5. The van der Waals surface area contributed by atoms with Crippen molar-refractivity contribution in [3.8, 4) is 0 Å². The molecule has 1 heterocycles. The molecule has 0 aromatic carbocycles. The second-order valence-electron chi connectivity index (χ2n) is 4.40. The first-order valence-electron chi connectivity index (χ1n) is 5.65. The molecule has 88 valence electrons. The van der Waals surface area contributed by atoms with Gasteiger partial charge in [-0.2, -0.15) is 0 Å². The van der Waals surface area contributed by atoms with Gasteiger partial charge in [0, 0.05) is 25.3 Å². The number of rotatable bonds is 5. The average molecular weight is 215 g/mol. The highest BCUT2D eigenvalue weighted by atomic mass is 16.5. The zero-order valence-corrected chi connectivity index (χ0v) is 9.53. The normalized spacial score (nSPS) is 22.3. The van der Waals surface area contributed by atoms with Crippen LogP contribution >= 0.6 is 0 Å². The van der Waals surface area contributed by atoms with Crippen molar-refractivity contribution in [1.29, 1.82) is 0 Å². The van der Waals surface area contributed by atoms with Crippen molar-refractivity contribution < 1.29 is 14.6 Å². The summed E-state index contributed by atoms with van der Waals surface area (Å²) in [6.45, 7) is 5.73. The van der Waals surface area contributed by atoms with E-state index in [1.54, 1.807) is 0 Å². The average Bonchev–Trinajstić information content (AvgIpc) is 2.17. The third-order valence-electron chi connectivity index (χ3n) is 3.00. The Labute approximate surface area is 91.0 Å². The predicted octanol–water partition coefficient (Wildman–Crippen LogP) is 1.25. The Balaban J connectivity index is 2.26. The van der Waals surface area contributed by atoms with Crippen molar-refractivity contribution in [3.63, 3.8) is 0 Å². The van der Waals surface area contributed by atoms with Gasteiger partial charge >= 0.3 is 5.97 Å². The van der Waals surface area contributed by atoms with Crippen LogP contribution in [0.2, 0.25) is 0 Å². The van der Waals surface area contributed by atoms with Gasteiger partial charge in [-0.3, -0.25) is 4.79 Å². The van der Waals surface area contributed by atoms with E-state index in [1.165, 1.54) is 0 Å². The molecule has 15 heavy (non-hydrogen) atoms. The van der Waals surface area contributed by atoms with Gasteiger partial charge in [-0.15, -0.1) is 0 Å². The second kappa shape index (κ2) is 6.08. The van der Waals surface area contributed by atoms with Gasteiger partial charge in [0.1, 0.15) is 0 Å². The maximum absolute atomic E-state index is 10.5. The molecule has 0 aromatic rings. The summed E-state index contributed by atoms with van der Waals surface area (Å²) >= 11 is 0. The largest absolute Gasteiger partial charge is 0.481 e. The minimum Gasteiger partial charge on any atom is -0.481 e. The third kappa shape index (κ3) is 4.62. The van der Waals surface area contributed by atoms with Gasteiger partial charge in [-0.25, -0.2) is 0 Å². The molecule has 2 atom stereocenters. The van der Waals surface area contributed by atoms with Gasteiger partial charge in [0.05, 0.1) is 6.42 Å². The molecule has 4 heteroatoms. The van der Waals surface area contributed by atoms with Crippen molar-refractivity contribution in [3.05, 3.63) is 0 Å². The van der Waals surface area contributed by atoms with E-state index in [9.17, 15) is 4.79 Å². The third-order valence-corrected chi connectivity index (χ3v) is 3.00. The summed E-state index contributed by atoms with van der Waals surface area (Å²) in [5.41, 5.74) is 0. The molecule has 4 nitrogen and oxygen atoms in total. The molecule has 0 spiro atoms. The summed E-state index contributed by atoms with van der Waals surface area (Å²) < 4.78 is 5.30. The van der Waals surface area contributed by atoms with Crippen LogP contribution < -0.4 is 5.32 Å². The Hall–Kier alpha value is -0.610. The molecule has 0 saturated carbocycles. The lowest BCUT2D eigenvalue weighted by Gasteiger charge is -2.30. The monoisotopic (exact) mass is 215 g/mol. The van der Waals surface area contributed by atoms with E-state index < -0.39 is 5.97 Å². The van der Waals surface area contributed by atoms with Crippen molar-refractivity contribution in [2.75, 3.05) is 13.2 Å². The van der Waals surface area contributed by atoms with E-state index >= 15 is 0 Å².